The van der Waals surface area contributed by atoms with Crippen LogP contribution in [-0.4, -0.2) is 35.3 Å². The minimum absolute atomic E-state index is 0.975. The molecule has 3 nitrogen and oxygen atoms in total. The van der Waals surface area contributed by atoms with Crippen LogP contribution in [-0.2, 0) is 6.54 Å². The van der Waals surface area contributed by atoms with Crippen molar-refractivity contribution in [1.29, 1.82) is 0 Å². The van der Waals surface area contributed by atoms with Crippen molar-refractivity contribution in [3.05, 3.63) is 15.0 Å². The van der Waals surface area contributed by atoms with Gasteiger partial charge in [0.2, 0.25) is 0 Å². The van der Waals surface area contributed by atoms with Crippen LogP contribution < -0.4 is 0 Å². The molecule has 0 saturated heterocycles. The van der Waals surface area contributed by atoms with E-state index in [9.17, 15) is 0 Å². The first-order valence-corrected chi connectivity index (χ1v) is 5.44. The summed E-state index contributed by atoms with van der Waals surface area (Å²) in [5.41, 5.74) is 2.41. The predicted octanol–water partition coefficient (Wildman–Crippen LogP) is 1.67. The maximum Gasteiger partial charge on any atom is 0.0729 e. The molecule has 1 rings (SSSR count). The summed E-state index contributed by atoms with van der Waals surface area (Å²) < 4.78 is 3.37. The fourth-order valence-electron chi connectivity index (χ4n) is 1.19. The molecule has 0 atom stereocenters. The van der Waals surface area contributed by atoms with Gasteiger partial charge in [-0.15, -0.1) is 0 Å². The zero-order chi connectivity index (χ0) is 10.0. The van der Waals surface area contributed by atoms with Crippen molar-refractivity contribution >= 4 is 22.6 Å². The highest BCUT2D eigenvalue weighted by Crippen LogP contribution is 2.14. The van der Waals surface area contributed by atoms with Crippen LogP contribution in [0.5, 0.6) is 0 Å². The highest BCUT2D eigenvalue weighted by molar-refractivity contribution is 14.1. The Morgan fingerprint density at radius 1 is 1.38 bits per heavy atom. The lowest BCUT2D eigenvalue weighted by Crippen LogP contribution is -2.19. The zero-order valence-electron chi connectivity index (χ0n) is 8.63. The van der Waals surface area contributed by atoms with Gasteiger partial charge in [-0.25, -0.2) is 0 Å². The molecule has 74 valence electrons. The molecule has 0 aliphatic heterocycles. The van der Waals surface area contributed by atoms with E-state index in [-0.39, 0.29) is 0 Å². The van der Waals surface area contributed by atoms with Crippen molar-refractivity contribution in [1.82, 2.24) is 14.7 Å². The fourth-order valence-corrected chi connectivity index (χ4v) is 1.57. The molecule has 13 heavy (non-hydrogen) atoms. The van der Waals surface area contributed by atoms with Crippen LogP contribution in [0.15, 0.2) is 0 Å². The van der Waals surface area contributed by atoms with Gasteiger partial charge in [0.15, 0.2) is 0 Å². The molecule has 0 amide bonds. The van der Waals surface area contributed by atoms with Gasteiger partial charge in [-0.3, -0.25) is 4.68 Å². The lowest BCUT2D eigenvalue weighted by molar-refractivity contribution is 0.370. The number of aromatic nitrogens is 2. The normalized spacial score (nSPS) is 11.2. The second-order valence-corrected chi connectivity index (χ2v) is 4.59. The summed E-state index contributed by atoms with van der Waals surface area (Å²) in [6.45, 7) is 6.19. The molecule has 4 heteroatoms. The lowest BCUT2D eigenvalue weighted by Gasteiger charge is -2.10. The van der Waals surface area contributed by atoms with Crippen molar-refractivity contribution in [3.8, 4) is 0 Å². The van der Waals surface area contributed by atoms with Crippen molar-refractivity contribution in [2.24, 2.45) is 0 Å². The molecular weight excluding hydrogens is 277 g/mol. The van der Waals surface area contributed by atoms with Gasteiger partial charge < -0.3 is 4.90 Å². The van der Waals surface area contributed by atoms with Crippen molar-refractivity contribution in [2.75, 3.05) is 20.6 Å². The first kappa shape index (κ1) is 11.0. The van der Waals surface area contributed by atoms with Gasteiger partial charge in [0.25, 0.3) is 0 Å². The molecule has 0 bridgehead atoms. The number of nitrogens with zero attached hydrogens (tertiary/aromatic N) is 3. The smallest absolute Gasteiger partial charge is 0.0729 e. The van der Waals surface area contributed by atoms with Gasteiger partial charge in [0.05, 0.1) is 15.8 Å². The van der Waals surface area contributed by atoms with E-state index in [1.54, 1.807) is 0 Å². The Kier molecular flexibility index (Phi) is 3.73. The molecule has 0 radical (unpaired) electrons. The largest absolute Gasteiger partial charge is 0.308 e. The Bertz CT molecular complexity index is 291. The number of hydrogen-bond acceptors (Lipinski definition) is 2. The summed E-state index contributed by atoms with van der Waals surface area (Å²) in [5, 5.41) is 4.46. The van der Waals surface area contributed by atoms with Gasteiger partial charge in [-0.2, -0.15) is 5.10 Å². The first-order valence-electron chi connectivity index (χ1n) is 4.36. The van der Waals surface area contributed by atoms with E-state index in [4.69, 9.17) is 0 Å². The van der Waals surface area contributed by atoms with Gasteiger partial charge in [-0.05, 0) is 50.5 Å². The van der Waals surface area contributed by atoms with E-state index in [1.807, 2.05) is 0 Å². The molecule has 0 aromatic carbocycles. The Morgan fingerprint density at radius 2 is 2.00 bits per heavy atom. The van der Waals surface area contributed by atoms with Crippen LogP contribution in [0.2, 0.25) is 0 Å². The predicted molar refractivity (Wildman–Crippen MR) is 63.0 cm³/mol. The molecule has 1 aromatic rings. The summed E-state index contributed by atoms with van der Waals surface area (Å²) in [6, 6.07) is 0. The first-order chi connectivity index (χ1) is 6.02. The lowest BCUT2D eigenvalue weighted by atomic mass is 10.4. The maximum atomic E-state index is 4.46. The molecule has 1 aromatic heterocycles. The van der Waals surface area contributed by atoms with Crippen LogP contribution in [0.3, 0.4) is 0 Å². The van der Waals surface area contributed by atoms with Crippen LogP contribution >= 0.6 is 22.6 Å². The van der Waals surface area contributed by atoms with Crippen LogP contribution in [0.4, 0.5) is 0 Å². The molecular formula is C9H16IN3. The van der Waals surface area contributed by atoms with Crippen LogP contribution in [0.25, 0.3) is 0 Å². The van der Waals surface area contributed by atoms with Crippen molar-refractivity contribution < 1.29 is 0 Å². The molecule has 0 saturated carbocycles. The third-order valence-electron chi connectivity index (χ3n) is 2.05. The quantitative estimate of drug-likeness (QED) is 0.790. The van der Waals surface area contributed by atoms with Crippen LogP contribution in [0, 0.1) is 17.4 Å². The highest BCUT2D eigenvalue weighted by atomic mass is 127. The van der Waals surface area contributed by atoms with Crippen molar-refractivity contribution in [2.45, 2.75) is 20.4 Å². The summed E-state index contributed by atoms with van der Waals surface area (Å²) in [6.07, 6.45) is 0. The van der Waals surface area contributed by atoms with Gasteiger partial charge in [-0.1, -0.05) is 0 Å². The summed E-state index contributed by atoms with van der Waals surface area (Å²) in [7, 11) is 4.16. The fraction of sp³-hybridized carbons (Fsp3) is 0.667. The number of rotatable bonds is 3. The highest BCUT2D eigenvalue weighted by Gasteiger charge is 2.07. The Morgan fingerprint density at radius 3 is 2.38 bits per heavy atom. The topological polar surface area (TPSA) is 21.1 Å². The molecule has 0 N–H and O–H groups in total. The average molecular weight is 293 g/mol. The molecule has 0 aliphatic carbocycles. The summed E-state index contributed by atoms with van der Waals surface area (Å²) in [5.74, 6) is 0. The molecule has 1 heterocycles. The van der Waals surface area contributed by atoms with E-state index in [0.29, 0.717) is 0 Å². The van der Waals surface area contributed by atoms with Gasteiger partial charge in [0, 0.05) is 12.2 Å². The molecule has 0 fully saturated rings. The monoisotopic (exact) mass is 293 g/mol. The second kappa shape index (κ2) is 4.41. The van der Waals surface area contributed by atoms with E-state index in [2.05, 4.69) is 65.2 Å². The summed E-state index contributed by atoms with van der Waals surface area (Å²) in [4.78, 5) is 2.17. The minimum atomic E-state index is 0.975. The summed E-state index contributed by atoms with van der Waals surface area (Å²) >= 11 is 2.35. The minimum Gasteiger partial charge on any atom is -0.308 e. The number of hydrogen-bond donors (Lipinski definition) is 0. The average Bonchev–Trinajstić information content (AvgIpc) is 2.29. The SMILES string of the molecule is Cc1nn(CCN(C)C)c(C)c1I. The van der Waals surface area contributed by atoms with Gasteiger partial charge >= 0.3 is 0 Å². The van der Waals surface area contributed by atoms with E-state index in [1.165, 1.54) is 9.26 Å². The number of likely N-dealkylation sites (N-methyl/N-ethyl adjacent to an activating group) is 1. The van der Waals surface area contributed by atoms with E-state index >= 15 is 0 Å². The van der Waals surface area contributed by atoms with E-state index in [0.717, 1.165) is 18.8 Å². The third kappa shape index (κ3) is 2.67. The standard InChI is InChI=1S/C9H16IN3/c1-7-9(10)8(2)13(11-7)6-5-12(3)4/h5-6H2,1-4H3. The second-order valence-electron chi connectivity index (χ2n) is 3.51. The third-order valence-corrected chi connectivity index (χ3v) is 3.61. The Balaban J connectivity index is 2.72. The van der Waals surface area contributed by atoms with Gasteiger partial charge in [0.1, 0.15) is 0 Å². The molecule has 0 unspecified atom stereocenters. The Labute approximate surface area is 93.2 Å². The molecule has 0 aliphatic rings. The van der Waals surface area contributed by atoms with Crippen LogP contribution in [0.1, 0.15) is 11.4 Å². The maximum absolute atomic E-state index is 4.46. The Hall–Kier alpha value is -0.100. The number of aryl methyl sites for hydroxylation is 1. The van der Waals surface area contributed by atoms with E-state index < -0.39 is 0 Å². The number of halogens is 1. The van der Waals surface area contributed by atoms with Crippen molar-refractivity contribution in [3.63, 3.8) is 0 Å². The zero-order valence-corrected chi connectivity index (χ0v) is 10.8. The molecule has 0 spiro atoms.